The summed E-state index contributed by atoms with van der Waals surface area (Å²) >= 11 is 0. The molecule has 0 saturated carbocycles. The first-order valence-corrected chi connectivity index (χ1v) is 6.23. The van der Waals surface area contributed by atoms with Gasteiger partial charge in [0.15, 0.2) is 0 Å². The van der Waals surface area contributed by atoms with Crippen LogP contribution >= 0.6 is 0 Å². The molecule has 0 aliphatic carbocycles. The number of aromatic nitrogens is 1. The van der Waals surface area contributed by atoms with Gasteiger partial charge in [-0.25, -0.2) is 13.8 Å². The zero-order valence-corrected chi connectivity index (χ0v) is 11.4. The van der Waals surface area contributed by atoms with E-state index < -0.39 is 34.8 Å². The second kappa shape index (κ2) is 6.19. The van der Waals surface area contributed by atoms with Crippen LogP contribution in [0.5, 0.6) is 0 Å². The van der Waals surface area contributed by atoms with Crippen LogP contribution in [0, 0.1) is 11.6 Å². The molecule has 122 valence electrons. The quantitative estimate of drug-likeness (QED) is 0.850. The molecule has 0 spiro atoms. The summed E-state index contributed by atoms with van der Waals surface area (Å²) in [6.07, 6.45) is -3.57. The van der Waals surface area contributed by atoms with Crippen LogP contribution in [0.15, 0.2) is 30.5 Å². The molecule has 0 fully saturated rings. The number of nitrogens with zero attached hydrogens (tertiary/aromatic N) is 1. The SMILES string of the molecule is Nc1ccc(CNC(=O)c2c(F)cc(C(F)(F)F)cc2F)cn1. The second-order valence-electron chi connectivity index (χ2n) is 4.59. The van der Waals surface area contributed by atoms with E-state index in [1.807, 2.05) is 0 Å². The highest BCUT2D eigenvalue weighted by Gasteiger charge is 2.33. The number of anilines is 1. The standard InChI is InChI=1S/C14H10F5N3O/c15-9-3-8(14(17,18)19)4-10(16)12(9)13(23)22-6-7-1-2-11(20)21-5-7/h1-5H,6H2,(H2,20,21)(H,22,23). The molecule has 2 rings (SSSR count). The first kappa shape index (κ1) is 16.7. The minimum Gasteiger partial charge on any atom is -0.384 e. The van der Waals surface area contributed by atoms with E-state index in [4.69, 9.17) is 5.73 Å². The number of halogens is 5. The molecule has 1 amide bonds. The van der Waals surface area contributed by atoms with Gasteiger partial charge in [-0.05, 0) is 23.8 Å². The number of amides is 1. The third kappa shape index (κ3) is 3.93. The van der Waals surface area contributed by atoms with E-state index in [0.29, 0.717) is 5.56 Å². The van der Waals surface area contributed by atoms with Crippen molar-refractivity contribution < 1.29 is 26.7 Å². The van der Waals surface area contributed by atoms with E-state index in [1.54, 1.807) is 0 Å². The van der Waals surface area contributed by atoms with Crippen molar-refractivity contribution in [1.82, 2.24) is 10.3 Å². The monoisotopic (exact) mass is 331 g/mol. The van der Waals surface area contributed by atoms with Crippen molar-refractivity contribution in [2.75, 3.05) is 5.73 Å². The number of carbonyl (C=O) groups excluding carboxylic acids is 1. The zero-order chi connectivity index (χ0) is 17.2. The first-order chi connectivity index (χ1) is 10.7. The van der Waals surface area contributed by atoms with Gasteiger partial charge in [0.1, 0.15) is 23.0 Å². The molecular formula is C14H10F5N3O. The van der Waals surface area contributed by atoms with Crippen molar-refractivity contribution in [1.29, 1.82) is 0 Å². The summed E-state index contributed by atoms with van der Waals surface area (Å²) < 4.78 is 64.6. The zero-order valence-electron chi connectivity index (χ0n) is 11.4. The minimum atomic E-state index is -4.91. The lowest BCUT2D eigenvalue weighted by Crippen LogP contribution is -2.25. The van der Waals surface area contributed by atoms with Crippen molar-refractivity contribution in [3.63, 3.8) is 0 Å². The third-order valence-electron chi connectivity index (χ3n) is 2.90. The van der Waals surface area contributed by atoms with Crippen LogP contribution in [0.25, 0.3) is 0 Å². The number of benzene rings is 1. The van der Waals surface area contributed by atoms with Crippen LogP contribution < -0.4 is 11.1 Å². The Labute approximate surface area is 127 Å². The van der Waals surface area contributed by atoms with Crippen LogP contribution in [0.3, 0.4) is 0 Å². The predicted molar refractivity (Wildman–Crippen MR) is 71.2 cm³/mol. The Morgan fingerprint density at radius 2 is 1.78 bits per heavy atom. The summed E-state index contributed by atoms with van der Waals surface area (Å²) in [7, 11) is 0. The number of rotatable bonds is 3. The van der Waals surface area contributed by atoms with Crippen LogP contribution in [-0.2, 0) is 12.7 Å². The molecule has 2 aromatic rings. The van der Waals surface area contributed by atoms with Crippen molar-refractivity contribution in [2.45, 2.75) is 12.7 Å². The Bertz CT molecular complexity index is 705. The molecule has 0 bridgehead atoms. The van der Waals surface area contributed by atoms with Gasteiger partial charge in [0, 0.05) is 12.7 Å². The topological polar surface area (TPSA) is 68.0 Å². The molecule has 0 radical (unpaired) electrons. The molecule has 9 heteroatoms. The summed E-state index contributed by atoms with van der Waals surface area (Å²) in [4.78, 5) is 15.5. The van der Waals surface area contributed by atoms with Crippen LogP contribution in [0.1, 0.15) is 21.5 Å². The van der Waals surface area contributed by atoms with Crippen molar-refractivity contribution in [3.05, 3.63) is 58.8 Å². The van der Waals surface area contributed by atoms with Crippen molar-refractivity contribution in [2.24, 2.45) is 0 Å². The number of hydrogen-bond donors (Lipinski definition) is 2. The fraction of sp³-hybridized carbons (Fsp3) is 0.143. The molecule has 0 saturated heterocycles. The Balaban J connectivity index is 2.18. The Hall–Kier alpha value is -2.71. The fourth-order valence-electron chi connectivity index (χ4n) is 1.76. The van der Waals surface area contributed by atoms with Gasteiger partial charge in [-0.2, -0.15) is 13.2 Å². The van der Waals surface area contributed by atoms with Gasteiger partial charge in [-0.3, -0.25) is 4.79 Å². The molecule has 0 unspecified atom stereocenters. The highest BCUT2D eigenvalue weighted by molar-refractivity contribution is 5.94. The number of alkyl halides is 3. The number of nitrogen functional groups attached to an aromatic ring is 1. The van der Waals surface area contributed by atoms with Gasteiger partial charge in [0.2, 0.25) is 0 Å². The van der Waals surface area contributed by atoms with Crippen LogP contribution in [-0.4, -0.2) is 10.9 Å². The van der Waals surface area contributed by atoms with E-state index in [1.165, 1.54) is 18.3 Å². The van der Waals surface area contributed by atoms with E-state index in [2.05, 4.69) is 10.3 Å². The minimum absolute atomic E-state index is 0.0722. The number of hydrogen-bond acceptors (Lipinski definition) is 3. The maximum Gasteiger partial charge on any atom is 0.416 e. The average molecular weight is 331 g/mol. The molecule has 3 N–H and O–H groups in total. The van der Waals surface area contributed by atoms with Gasteiger partial charge in [0.05, 0.1) is 5.56 Å². The highest BCUT2D eigenvalue weighted by Crippen LogP contribution is 2.31. The molecule has 0 aliphatic rings. The smallest absolute Gasteiger partial charge is 0.384 e. The molecule has 0 aliphatic heterocycles. The molecule has 4 nitrogen and oxygen atoms in total. The number of nitrogens with one attached hydrogen (secondary N) is 1. The lowest BCUT2D eigenvalue weighted by atomic mass is 10.1. The molecular weight excluding hydrogens is 321 g/mol. The first-order valence-electron chi connectivity index (χ1n) is 6.23. The predicted octanol–water partition coefficient (Wildman–Crippen LogP) is 2.89. The summed E-state index contributed by atoms with van der Waals surface area (Å²) in [5.74, 6) is -4.11. The van der Waals surface area contributed by atoms with Crippen LogP contribution in [0.2, 0.25) is 0 Å². The summed E-state index contributed by atoms with van der Waals surface area (Å²) in [5.41, 5.74) is 3.28. The van der Waals surface area contributed by atoms with Crippen molar-refractivity contribution in [3.8, 4) is 0 Å². The van der Waals surface area contributed by atoms with Gasteiger partial charge >= 0.3 is 6.18 Å². The molecule has 1 aromatic heterocycles. The lowest BCUT2D eigenvalue weighted by molar-refractivity contribution is -0.138. The van der Waals surface area contributed by atoms with Gasteiger partial charge < -0.3 is 11.1 Å². The Kier molecular flexibility index (Phi) is 4.48. The maximum absolute atomic E-state index is 13.6. The summed E-state index contributed by atoms with van der Waals surface area (Å²) in [6.45, 7) is -0.119. The lowest BCUT2D eigenvalue weighted by Gasteiger charge is -2.11. The van der Waals surface area contributed by atoms with E-state index in [0.717, 1.165) is 0 Å². The number of nitrogens with two attached hydrogens (primary N) is 1. The van der Waals surface area contributed by atoms with E-state index in [-0.39, 0.29) is 24.5 Å². The van der Waals surface area contributed by atoms with Crippen LogP contribution in [0.4, 0.5) is 27.8 Å². The van der Waals surface area contributed by atoms with Gasteiger partial charge in [-0.15, -0.1) is 0 Å². The normalized spacial score (nSPS) is 11.3. The van der Waals surface area contributed by atoms with Gasteiger partial charge in [-0.1, -0.05) is 6.07 Å². The third-order valence-corrected chi connectivity index (χ3v) is 2.90. The van der Waals surface area contributed by atoms with E-state index in [9.17, 15) is 26.7 Å². The molecule has 23 heavy (non-hydrogen) atoms. The summed E-state index contributed by atoms with van der Waals surface area (Å²) in [5, 5.41) is 2.19. The number of carbonyl (C=O) groups is 1. The Morgan fingerprint density at radius 3 is 2.26 bits per heavy atom. The largest absolute Gasteiger partial charge is 0.416 e. The van der Waals surface area contributed by atoms with Gasteiger partial charge in [0.25, 0.3) is 5.91 Å². The second-order valence-corrected chi connectivity index (χ2v) is 4.59. The summed E-state index contributed by atoms with van der Waals surface area (Å²) in [6, 6.07) is 3.13. The van der Waals surface area contributed by atoms with Crippen molar-refractivity contribution >= 4 is 11.7 Å². The molecule has 1 aromatic carbocycles. The average Bonchev–Trinajstić information content (AvgIpc) is 2.45. The van der Waals surface area contributed by atoms with E-state index >= 15 is 0 Å². The fourth-order valence-corrected chi connectivity index (χ4v) is 1.76. The Morgan fingerprint density at radius 1 is 1.17 bits per heavy atom. The maximum atomic E-state index is 13.6. The molecule has 0 atom stereocenters. The highest BCUT2D eigenvalue weighted by atomic mass is 19.4. The molecule has 1 heterocycles. The number of pyridine rings is 1.